The molecule has 1 aromatic rings. The number of guanidine groups is 1. The van der Waals surface area contributed by atoms with Crippen LogP contribution < -0.4 is 20.1 Å². The first kappa shape index (κ1) is 27.4. The van der Waals surface area contributed by atoms with Crippen molar-refractivity contribution in [1.82, 2.24) is 15.5 Å². The Bertz CT molecular complexity index is 632. The quantitative estimate of drug-likeness (QED) is 0.157. The Kier molecular flexibility index (Phi) is 12.9. The van der Waals surface area contributed by atoms with Gasteiger partial charge in [0.1, 0.15) is 11.5 Å². The van der Waals surface area contributed by atoms with E-state index in [-0.39, 0.29) is 42.8 Å². The molecule has 0 radical (unpaired) electrons. The molecule has 0 aromatic heterocycles. The maximum atomic E-state index is 12.5. The molecule has 6 nitrogen and oxygen atoms in total. The molecule has 0 aliphatic carbocycles. The molecule has 168 valence electrons. The van der Waals surface area contributed by atoms with Crippen LogP contribution in [0, 0.1) is 0 Å². The van der Waals surface area contributed by atoms with Gasteiger partial charge in [-0.15, -0.1) is 24.0 Å². The summed E-state index contributed by atoms with van der Waals surface area (Å²) in [5.74, 6) is 0.867. The van der Waals surface area contributed by atoms with E-state index in [9.17, 15) is 22.0 Å². The Morgan fingerprint density at radius 1 is 1.24 bits per heavy atom. The normalized spacial score (nSPS) is 12.0. The summed E-state index contributed by atoms with van der Waals surface area (Å²) in [7, 11) is 4.37. The summed E-state index contributed by atoms with van der Waals surface area (Å²) >= 11 is 0. The van der Waals surface area contributed by atoms with Crippen LogP contribution in [0.15, 0.2) is 23.2 Å². The van der Waals surface area contributed by atoms with E-state index in [4.69, 9.17) is 4.74 Å². The van der Waals surface area contributed by atoms with Gasteiger partial charge < -0.3 is 20.1 Å². The van der Waals surface area contributed by atoms with Crippen molar-refractivity contribution < 1.29 is 31.4 Å². The van der Waals surface area contributed by atoms with Crippen LogP contribution >= 0.6 is 24.0 Å². The third-order valence-electron chi connectivity index (χ3n) is 3.61. The summed E-state index contributed by atoms with van der Waals surface area (Å²) in [5, 5.41) is 5.90. The highest BCUT2D eigenvalue weighted by Gasteiger charge is 2.28. The topological polar surface area (TPSA) is 58.1 Å². The maximum absolute atomic E-state index is 12.5. The van der Waals surface area contributed by atoms with Gasteiger partial charge in [0.25, 0.3) is 0 Å². The zero-order chi connectivity index (χ0) is 21.2. The number of alkyl halides is 5. The van der Waals surface area contributed by atoms with Crippen LogP contribution in [0.2, 0.25) is 0 Å². The average molecular weight is 540 g/mol. The predicted molar refractivity (Wildman–Crippen MR) is 111 cm³/mol. The molecule has 0 saturated heterocycles. The zero-order valence-electron chi connectivity index (χ0n) is 16.4. The van der Waals surface area contributed by atoms with Crippen LogP contribution in [0.25, 0.3) is 0 Å². The number of methoxy groups -OCH3 is 1. The standard InChI is InChI=1S/C17H25F5N4O2.HI/c1-23-16(24-7-4-8-26(2)11-17(20,21)22)25-10-12-9-13(27-3)5-6-14(12)28-15(18)19;/h5-6,9,15H,4,7-8,10-11H2,1-3H3,(H2,23,24,25);1H. The zero-order valence-corrected chi connectivity index (χ0v) is 18.7. The average Bonchev–Trinajstić information content (AvgIpc) is 2.60. The van der Waals surface area contributed by atoms with Crippen LogP contribution in [-0.4, -0.2) is 64.5 Å². The highest BCUT2D eigenvalue weighted by molar-refractivity contribution is 14.0. The lowest BCUT2D eigenvalue weighted by Gasteiger charge is -2.19. The number of hydrogen-bond acceptors (Lipinski definition) is 4. The molecule has 0 heterocycles. The van der Waals surface area contributed by atoms with Gasteiger partial charge in [-0.05, 0) is 38.2 Å². The number of ether oxygens (including phenoxy) is 2. The molecule has 0 saturated carbocycles. The van der Waals surface area contributed by atoms with Gasteiger partial charge in [0.05, 0.1) is 13.7 Å². The van der Waals surface area contributed by atoms with Crippen molar-refractivity contribution in [2.45, 2.75) is 25.8 Å². The van der Waals surface area contributed by atoms with Crippen molar-refractivity contribution in [3.63, 3.8) is 0 Å². The number of aliphatic imine (C=N–C) groups is 1. The molecule has 0 spiro atoms. The lowest BCUT2D eigenvalue weighted by atomic mass is 10.2. The number of hydrogen-bond donors (Lipinski definition) is 2. The third-order valence-corrected chi connectivity index (χ3v) is 3.61. The maximum Gasteiger partial charge on any atom is 0.401 e. The van der Waals surface area contributed by atoms with Gasteiger partial charge >= 0.3 is 12.8 Å². The highest BCUT2D eigenvalue weighted by atomic mass is 127. The molecular weight excluding hydrogens is 514 g/mol. The van der Waals surface area contributed by atoms with Crippen molar-refractivity contribution in [1.29, 1.82) is 0 Å². The van der Waals surface area contributed by atoms with E-state index in [1.165, 1.54) is 38.2 Å². The number of nitrogens with zero attached hydrogens (tertiary/aromatic N) is 2. The molecule has 29 heavy (non-hydrogen) atoms. The van der Waals surface area contributed by atoms with E-state index in [1.54, 1.807) is 6.07 Å². The summed E-state index contributed by atoms with van der Waals surface area (Å²) in [4.78, 5) is 5.18. The van der Waals surface area contributed by atoms with Gasteiger partial charge in [0.2, 0.25) is 0 Å². The van der Waals surface area contributed by atoms with Crippen LogP contribution in [0.3, 0.4) is 0 Å². The van der Waals surface area contributed by atoms with Crippen LogP contribution in [-0.2, 0) is 6.54 Å². The summed E-state index contributed by atoms with van der Waals surface area (Å²) in [6.45, 7) is -3.15. The highest BCUT2D eigenvalue weighted by Crippen LogP contribution is 2.25. The summed E-state index contributed by atoms with van der Waals surface area (Å²) in [5.41, 5.74) is 0.438. The molecule has 0 amide bonds. The fourth-order valence-electron chi connectivity index (χ4n) is 2.37. The van der Waals surface area contributed by atoms with Crippen LogP contribution in [0.4, 0.5) is 22.0 Å². The number of rotatable bonds is 10. The molecule has 2 N–H and O–H groups in total. The van der Waals surface area contributed by atoms with Gasteiger partial charge in [-0.3, -0.25) is 9.89 Å². The first-order chi connectivity index (χ1) is 13.1. The minimum atomic E-state index is -4.23. The van der Waals surface area contributed by atoms with E-state index in [0.29, 0.717) is 30.2 Å². The van der Waals surface area contributed by atoms with Crippen LogP contribution in [0.5, 0.6) is 11.5 Å². The molecule has 1 aromatic carbocycles. The molecule has 12 heteroatoms. The number of benzene rings is 1. The molecule has 0 unspecified atom stereocenters. The van der Waals surface area contributed by atoms with Gasteiger partial charge in [-0.2, -0.15) is 22.0 Å². The van der Waals surface area contributed by atoms with Crippen molar-refractivity contribution in [3.8, 4) is 11.5 Å². The fraction of sp³-hybridized carbons (Fsp3) is 0.588. The molecule has 0 aliphatic heterocycles. The van der Waals surface area contributed by atoms with E-state index < -0.39 is 19.3 Å². The Morgan fingerprint density at radius 2 is 1.93 bits per heavy atom. The lowest BCUT2D eigenvalue weighted by Crippen LogP contribution is -2.39. The van der Waals surface area contributed by atoms with Gasteiger partial charge in [0, 0.05) is 25.7 Å². The summed E-state index contributed by atoms with van der Waals surface area (Å²) in [6, 6.07) is 4.45. The second-order valence-corrected chi connectivity index (χ2v) is 5.91. The summed E-state index contributed by atoms with van der Waals surface area (Å²) < 4.78 is 71.5. The second-order valence-electron chi connectivity index (χ2n) is 5.91. The van der Waals surface area contributed by atoms with Crippen molar-refractivity contribution >= 4 is 29.9 Å². The SMILES string of the molecule is CN=C(NCCCN(C)CC(F)(F)F)NCc1cc(OC)ccc1OC(F)F.I. The molecule has 1 rings (SSSR count). The van der Waals surface area contributed by atoms with E-state index in [2.05, 4.69) is 20.4 Å². The molecule has 0 aliphatic rings. The Balaban J connectivity index is 0.00000784. The van der Waals surface area contributed by atoms with Gasteiger partial charge in [-0.1, -0.05) is 0 Å². The number of halogens is 6. The van der Waals surface area contributed by atoms with Crippen molar-refractivity contribution in [3.05, 3.63) is 23.8 Å². The minimum Gasteiger partial charge on any atom is -0.497 e. The predicted octanol–water partition coefficient (Wildman–Crippen LogP) is 3.46. The van der Waals surface area contributed by atoms with E-state index in [0.717, 1.165) is 0 Å². The second kappa shape index (κ2) is 13.6. The third kappa shape index (κ3) is 11.9. The van der Waals surface area contributed by atoms with Crippen molar-refractivity contribution in [2.75, 3.05) is 40.8 Å². The monoisotopic (exact) mass is 540 g/mol. The smallest absolute Gasteiger partial charge is 0.401 e. The Labute approximate surface area is 183 Å². The largest absolute Gasteiger partial charge is 0.497 e. The Hall–Kier alpha value is -1.57. The molecule has 0 bridgehead atoms. The number of nitrogens with one attached hydrogen (secondary N) is 2. The Morgan fingerprint density at radius 3 is 2.48 bits per heavy atom. The van der Waals surface area contributed by atoms with Crippen molar-refractivity contribution in [2.24, 2.45) is 4.99 Å². The summed E-state index contributed by atoms with van der Waals surface area (Å²) in [6.07, 6.45) is -3.76. The lowest BCUT2D eigenvalue weighted by molar-refractivity contribution is -0.143. The molecular formula is C17H26F5IN4O2. The first-order valence-electron chi connectivity index (χ1n) is 8.46. The molecule has 0 atom stereocenters. The van der Waals surface area contributed by atoms with Gasteiger partial charge in [-0.25, -0.2) is 0 Å². The van der Waals surface area contributed by atoms with Crippen LogP contribution in [0.1, 0.15) is 12.0 Å². The fourth-order valence-corrected chi connectivity index (χ4v) is 2.37. The van der Waals surface area contributed by atoms with Gasteiger partial charge in [0.15, 0.2) is 5.96 Å². The van der Waals surface area contributed by atoms with E-state index in [1.807, 2.05) is 0 Å². The molecule has 0 fully saturated rings. The first-order valence-corrected chi connectivity index (χ1v) is 8.46. The van der Waals surface area contributed by atoms with E-state index >= 15 is 0 Å². The minimum absolute atomic E-state index is 0.